The fourth-order valence-electron chi connectivity index (χ4n) is 1.84. The molecule has 16 heavy (non-hydrogen) atoms. The molecule has 0 N–H and O–H groups in total. The molecule has 0 aliphatic carbocycles. The van der Waals surface area contributed by atoms with E-state index in [1.165, 1.54) is 19.3 Å². The van der Waals surface area contributed by atoms with Crippen LogP contribution in [0, 0.1) is 0 Å². The van der Waals surface area contributed by atoms with Crippen molar-refractivity contribution in [2.75, 3.05) is 0 Å². The third-order valence-corrected chi connectivity index (χ3v) is 3.24. The molecule has 0 heterocycles. The first-order valence-corrected chi connectivity index (χ1v) is 6.62. The molecule has 1 unspecified atom stereocenters. The number of rotatable bonds is 7. The molecule has 0 aliphatic rings. The summed E-state index contributed by atoms with van der Waals surface area (Å²) in [6.45, 7) is 2.19. The average molecular weight is 240 g/mol. The monoisotopic (exact) mass is 240 g/mol. The van der Waals surface area contributed by atoms with Crippen molar-refractivity contribution in [2.45, 2.75) is 56.5 Å². The number of unbranched alkanes of at least 4 members (excludes halogenated alkanes) is 4. The zero-order chi connectivity index (χ0) is 11.8. The summed E-state index contributed by atoms with van der Waals surface area (Å²) in [7, 11) is 0. The Morgan fingerprint density at radius 1 is 1.12 bits per heavy atom. The molecule has 0 radical (unpaired) electrons. The molecule has 90 valence electrons. The first kappa shape index (κ1) is 13.6. The van der Waals surface area contributed by atoms with Crippen LogP contribution in [0.1, 0.15) is 57.2 Å². The van der Waals surface area contributed by atoms with Crippen LogP contribution in [0.25, 0.3) is 0 Å². The van der Waals surface area contributed by atoms with Gasteiger partial charge in [-0.05, 0) is 18.1 Å². The van der Waals surface area contributed by atoms with Crippen molar-refractivity contribution < 1.29 is 4.39 Å². The van der Waals surface area contributed by atoms with E-state index in [4.69, 9.17) is 0 Å². The Bertz CT molecular complexity index is 299. The lowest BCUT2D eigenvalue weighted by molar-refractivity contribution is 0.308. The average Bonchev–Trinajstić information content (AvgIpc) is 2.29. The van der Waals surface area contributed by atoms with Gasteiger partial charge in [-0.2, -0.15) is 0 Å². The summed E-state index contributed by atoms with van der Waals surface area (Å²) < 4.78 is 13.9. The fraction of sp³-hybridized carbons (Fsp3) is 0.571. The van der Waals surface area contributed by atoms with E-state index < -0.39 is 6.17 Å². The lowest BCUT2D eigenvalue weighted by Crippen LogP contribution is -1.93. The molecule has 0 fully saturated rings. The third kappa shape index (κ3) is 4.56. The lowest BCUT2D eigenvalue weighted by atomic mass is 10.0. The van der Waals surface area contributed by atoms with Crippen LogP contribution in [0.5, 0.6) is 0 Å². The van der Waals surface area contributed by atoms with E-state index in [1.807, 2.05) is 24.3 Å². The van der Waals surface area contributed by atoms with E-state index in [1.54, 1.807) is 0 Å². The number of benzene rings is 1. The maximum atomic E-state index is 13.9. The Morgan fingerprint density at radius 3 is 2.50 bits per heavy atom. The minimum Gasteiger partial charge on any atom is -0.242 e. The molecule has 0 amide bonds. The third-order valence-electron chi connectivity index (χ3n) is 2.84. The van der Waals surface area contributed by atoms with E-state index in [9.17, 15) is 4.39 Å². The van der Waals surface area contributed by atoms with Gasteiger partial charge in [0.25, 0.3) is 0 Å². The number of alkyl halides is 1. The van der Waals surface area contributed by atoms with Gasteiger partial charge in [-0.25, -0.2) is 4.39 Å². The summed E-state index contributed by atoms with van der Waals surface area (Å²) >= 11 is 4.28. The zero-order valence-corrected chi connectivity index (χ0v) is 10.8. The second-order valence-corrected chi connectivity index (χ2v) is 4.71. The van der Waals surface area contributed by atoms with Crippen molar-refractivity contribution in [1.29, 1.82) is 0 Å². The molecule has 0 saturated carbocycles. The van der Waals surface area contributed by atoms with Crippen LogP contribution in [0.15, 0.2) is 29.2 Å². The first-order chi connectivity index (χ1) is 7.75. The lowest BCUT2D eigenvalue weighted by Gasteiger charge is -2.10. The summed E-state index contributed by atoms with van der Waals surface area (Å²) in [5.41, 5.74) is 0.737. The van der Waals surface area contributed by atoms with Crippen molar-refractivity contribution in [3.63, 3.8) is 0 Å². The Morgan fingerprint density at radius 2 is 1.81 bits per heavy atom. The van der Waals surface area contributed by atoms with Gasteiger partial charge in [0.05, 0.1) is 0 Å². The number of hydrogen-bond acceptors (Lipinski definition) is 1. The van der Waals surface area contributed by atoms with Gasteiger partial charge in [-0.1, -0.05) is 57.2 Å². The van der Waals surface area contributed by atoms with Crippen molar-refractivity contribution >= 4 is 12.6 Å². The van der Waals surface area contributed by atoms with Crippen molar-refractivity contribution in [3.05, 3.63) is 29.8 Å². The van der Waals surface area contributed by atoms with Crippen LogP contribution < -0.4 is 0 Å². The molecule has 0 bridgehead atoms. The highest BCUT2D eigenvalue weighted by Gasteiger charge is 2.11. The maximum absolute atomic E-state index is 13.9. The Balaban J connectivity index is 2.30. The summed E-state index contributed by atoms with van der Waals surface area (Å²) in [6, 6.07) is 7.44. The minimum atomic E-state index is -0.852. The van der Waals surface area contributed by atoms with Crippen molar-refractivity contribution in [3.8, 4) is 0 Å². The second kappa shape index (κ2) is 7.72. The van der Waals surface area contributed by atoms with E-state index in [2.05, 4.69) is 19.6 Å². The molecule has 0 nitrogen and oxygen atoms in total. The van der Waals surface area contributed by atoms with Gasteiger partial charge < -0.3 is 0 Å². The van der Waals surface area contributed by atoms with Crippen LogP contribution in [-0.4, -0.2) is 0 Å². The Kier molecular flexibility index (Phi) is 6.55. The number of hydrogen-bond donors (Lipinski definition) is 1. The molecule has 2 heteroatoms. The van der Waals surface area contributed by atoms with Gasteiger partial charge in [-0.3, -0.25) is 0 Å². The van der Waals surface area contributed by atoms with Gasteiger partial charge >= 0.3 is 0 Å². The Labute approximate surface area is 104 Å². The zero-order valence-electron chi connectivity index (χ0n) is 9.95. The second-order valence-electron chi connectivity index (χ2n) is 4.23. The van der Waals surface area contributed by atoms with E-state index in [0.717, 1.165) is 23.3 Å². The van der Waals surface area contributed by atoms with Crippen LogP contribution >= 0.6 is 12.6 Å². The molecule has 1 atom stereocenters. The summed E-state index contributed by atoms with van der Waals surface area (Å²) in [4.78, 5) is 0.767. The summed E-state index contributed by atoms with van der Waals surface area (Å²) in [5.74, 6) is 0. The van der Waals surface area contributed by atoms with E-state index in [0.29, 0.717) is 6.42 Å². The Hall–Kier alpha value is -0.500. The van der Waals surface area contributed by atoms with Crippen LogP contribution in [0.3, 0.4) is 0 Å². The van der Waals surface area contributed by atoms with Gasteiger partial charge in [0.1, 0.15) is 6.17 Å². The largest absolute Gasteiger partial charge is 0.242 e. The molecule has 1 aromatic rings. The molecule has 1 rings (SSSR count). The predicted molar refractivity (Wildman–Crippen MR) is 70.9 cm³/mol. The van der Waals surface area contributed by atoms with Gasteiger partial charge in [0.15, 0.2) is 0 Å². The smallest absolute Gasteiger partial charge is 0.126 e. The molecule has 0 spiro atoms. The normalized spacial score (nSPS) is 12.7. The summed E-state index contributed by atoms with van der Waals surface area (Å²) in [6.07, 6.45) is 5.62. The quantitative estimate of drug-likeness (QED) is 0.482. The molecule has 1 aromatic carbocycles. The topological polar surface area (TPSA) is 0 Å². The van der Waals surface area contributed by atoms with Crippen LogP contribution in [0.4, 0.5) is 4.39 Å². The first-order valence-electron chi connectivity index (χ1n) is 6.17. The number of halogens is 1. The highest BCUT2D eigenvalue weighted by molar-refractivity contribution is 7.80. The van der Waals surface area contributed by atoms with Crippen LogP contribution in [0.2, 0.25) is 0 Å². The molecular formula is C14H21FS. The highest BCUT2D eigenvalue weighted by Crippen LogP contribution is 2.28. The molecular weight excluding hydrogens is 219 g/mol. The maximum Gasteiger partial charge on any atom is 0.126 e. The standard InChI is InChI=1S/C14H21FS/c1-2-3-4-5-6-10-13(15)12-9-7-8-11-14(12)16/h7-9,11,13,16H,2-6,10H2,1H3. The fourth-order valence-corrected chi connectivity index (χ4v) is 2.14. The SMILES string of the molecule is CCCCCCCC(F)c1ccccc1S. The number of thiol groups is 1. The predicted octanol–water partition coefficient (Wildman–Crippen LogP) is 5.35. The van der Waals surface area contributed by atoms with Crippen molar-refractivity contribution in [1.82, 2.24) is 0 Å². The van der Waals surface area contributed by atoms with E-state index in [-0.39, 0.29) is 0 Å². The van der Waals surface area contributed by atoms with Crippen molar-refractivity contribution in [2.24, 2.45) is 0 Å². The molecule has 0 saturated heterocycles. The van der Waals surface area contributed by atoms with Gasteiger partial charge in [0.2, 0.25) is 0 Å². The molecule has 0 aliphatic heterocycles. The van der Waals surface area contributed by atoms with Gasteiger partial charge in [-0.15, -0.1) is 12.6 Å². The van der Waals surface area contributed by atoms with Gasteiger partial charge in [0, 0.05) is 4.90 Å². The van der Waals surface area contributed by atoms with Crippen LogP contribution in [-0.2, 0) is 0 Å². The highest BCUT2D eigenvalue weighted by atomic mass is 32.1. The summed E-state index contributed by atoms with van der Waals surface area (Å²) in [5, 5.41) is 0. The minimum absolute atomic E-state index is 0.626. The van der Waals surface area contributed by atoms with E-state index >= 15 is 0 Å². The molecule has 0 aromatic heterocycles.